The second-order valence-corrected chi connectivity index (χ2v) is 9.36. The van der Waals surface area contributed by atoms with Crippen molar-refractivity contribution >= 4 is 23.6 Å². The van der Waals surface area contributed by atoms with Crippen LogP contribution in [0.3, 0.4) is 0 Å². The average molecular weight is 443 g/mol. The van der Waals surface area contributed by atoms with Gasteiger partial charge in [0.15, 0.2) is 5.16 Å². The third-order valence-corrected chi connectivity index (χ3v) is 6.73. The molecule has 1 aliphatic heterocycles. The van der Waals surface area contributed by atoms with Crippen LogP contribution >= 0.6 is 11.8 Å². The normalized spacial score (nSPS) is 17.0. The van der Waals surface area contributed by atoms with E-state index in [2.05, 4.69) is 31.8 Å². The standard InChI is InChI=1S/C22H30N6O2S/c1-25(2)19(29)15-26-10-12-27(13-11-26)20(30)16-31-22-24-23-21(18-8-9-18)28(22)14-17-6-4-3-5-7-17/h3-7,18H,8-16H2,1-2H3. The van der Waals surface area contributed by atoms with Crippen LogP contribution in [-0.4, -0.2) is 93.9 Å². The second kappa shape index (κ2) is 9.82. The fourth-order valence-corrected chi connectivity index (χ4v) is 4.52. The number of benzene rings is 1. The van der Waals surface area contributed by atoms with Crippen molar-refractivity contribution in [3.63, 3.8) is 0 Å². The van der Waals surface area contributed by atoms with Crippen LogP contribution < -0.4 is 0 Å². The molecule has 0 spiro atoms. The molecule has 8 nitrogen and oxygen atoms in total. The lowest BCUT2D eigenvalue weighted by molar-refractivity contribution is -0.132. The van der Waals surface area contributed by atoms with Gasteiger partial charge in [-0.2, -0.15) is 0 Å². The largest absolute Gasteiger partial charge is 0.348 e. The van der Waals surface area contributed by atoms with Crippen LogP contribution in [-0.2, 0) is 16.1 Å². The summed E-state index contributed by atoms with van der Waals surface area (Å²) in [4.78, 5) is 30.3. The number of rotatable bonds is 8. The SMILES string of the molecule is CN(C)C(=O)CN1CCN(C(=O)CSc2nnc(C3CC3)n2Cc2ccccc2)CC1. The van der Waals surface area contributed by atoms with Crippen molar-refractivity contribution in [2.75, 3.05) is 52.6 Å². The van der Waals surface area contributed by atoms with Gasteiger partial charge in [0, 0.05) is 46.2 Å². The summed E-state index contributed by atoms with van der Waals surface area (Å²) in [6.45, 7) is 3.91. The van der Waals surface area contributed by atoms with Crippen molar-refractivity contribution in [1.29, 1.82) is 0 Å². The van der Waals surface area contributed by atoms with E-state index in [4.69, 9.17) is 0 Å². The molecule has 0 N–H and O–H groups in total. The Bertz CT molecular complexity index is 904. The Hall–Kier alpha value is -2.39. The molecule has 166 valence electrons. The lowest BCUT2D eigenvalue weighted by atomic mass is 10.2. The van der Waals surface area contributed by atoms with Gasteiger partial charge in [0.25, 0.3) is 0 Å². The molecule has 1 aliphatic carbocycles. The van der Waals surface area contributed by atoms with Crippen LogP contribution in [0.1, 0.15) is 30.1 Å². The second-order valence-electron chi connectivity index (χ2n) is 8.42. The van der Waals surface area contributed by atoms with Gasteiger partial charge < -0.3 is 14.4 Å². The van der Waals surface area contributed by atoms with Crippen molar-refractivity contribution < 1.29 is 9.59 Å². The Labute approximate surface area is 187 Å². The third-order valence-electron chi connectivity index (χ3n) is 5.78. The maximum absolute atomic E-state index is 12.8. The van der Waals surface area contributed by atoms with Gasteiger partial charge in [0.1, 0.15) is 5.82 Å². The van der Waals surface area contributed by atoms with Crippen LogP contribution in [0.2, 0.25) is 0 Å². The van der Waals surface area contributed by atoms with Crippen molar-refractivity contribution in [3.05, 3.63) is 41.7 Å². The molecule has 2 amide bonds. The Kier molecular flexibility index (Phi) is 6.92. The zero-order valence-corrected chi connectivity index (χ0v) is 19.1. The molecule has 1 aromatic heterocycles. The van der Waals surface area contributed by atoms with Crippen LogP contribution in [0, 0.1) is 0 Å². The van der Waals surface area contributed by atoms with E-state index >= 15 is 0 Å². The minimum Gasteiger partial charge on any atom is -0.348 e. The first-order valence-electron chi connectivity index (χ1n) is 10.8. The summed E-state index contributed by atoms with van der Waals surface area (Å²) in [7, 11) is 3.54. The van der Waals surface area contributed by atoms with Crippen molar-refractivity contribution in [1.82, 2.24) is 29.5 Å². The number of carbonyl (C=O) groups is 2. The highest BCUT2D eigenvalue weighted by atomic mass is 32.2. The van der Waals surface area contributed by atoms with Gasteiger partial charge in [0.2, 0.25) is 11.8 Å². The quantitative estimate of drug-likeness (QED) is 0.577. The zero-order chi connectivity index (χ0) is 21.8. The Morgan fingerprint density at radius 3 is 2.42 bits per heavy atom. The molecular formula is C22H30N6O2S. The summed E-state index contributed by atoms with van der Waals surface area (Å²) in [5, 5.41) is 9.66. The molecule has 31 heavy (non-hydrogen) atoms. The van der Waals surface area contributed by atoms with Gasteiger partial charge in [-0.3, -0.25) is 14.5 Å². The lowest BCUT2D eigenvalue weighted by Crippen LogP contribution is -2.51. The molecular weight excluding hydrogens is 412 g/mol. The van der Waals surface area contributed by atoms with Gasteiger partial charge in [-0.25, -0.2) is 0 Å². The highest BCUT2D eigenvalue weighted by Gasteiger charge is 2.31. The number of amides is 2. The summed E-state index contributed by atoms with van der Waals surface area (Å²) in [5.41, 5.74) is 1.21. The van der Waals surface area contributed by atoms with Gasteiger partial charge in [-0.15, -0.1) is 10.2 Å². The third kappa shape index (κ3) is 5.65. The van der Waals surface area contributed by atoms with Crippen molar-refractivity contribution in [2.24, 2.45) is 0 Å². The van der Waals surface area contributed by atoms with E-state index in [0.717, 1.165) is 43.5 Å². The van der Waals surface area contributed by atoms with Crippen molar-refractivity contribution in [3.8, 4) is 0 Å². The molecule has 0 radical (unpaired) electrons. The molecule has 2 fully saturated rings. The topological polar surface area (TPSA) is 74.6 Å². The predicted molar refractivity (Wildman–Crippen MR) is 120 cm³/mol. The van der Waals surface area contributed by atoms with E-state index in [9.17, 15) is 9.59 Å². The molecule has 1 aromatic carbocycles. The number of hydrogen-bond donors (Lipinski definition) is 0. The smallest absolute Gasteiger partial charge is 0.236 e. The Morgan fingerprint density at radius 1 is 1.06 bits per heavy atom. The fraction of sp³-hybridized carbons (Fsp3) is 0.545. The predicted octanol–water partition coefficient (Wildman–Crippen LogP) is 1.53. The summed E-state index contributed by atoms with van der Waals surface area (Å²) in [6.07, 6.45) is 2.33. The first-order chi connectivity index (χ1) is 15.0. The van der Waals surface area contributed by atoms with Gasteiger partial charge in [-0.1, -0.05) is 42.1 Å². The Morgan fingerprint density at radius 2 is 1.77 bits per heavy atom. The minimum absolute atomic E-state index is 0.0968. The highest BCUT2D eigenvalue weighted by molar-refractivity contribution is 7.99. The molecule has 9 heteroatoms. The molecule has 1 saturated carbocycles. The molecule has 1 saturated heterocycles. The first kappa shape index (κ1) is 21.8. The van der Waals surface area contributed by atoms with Gasteiger partial charge >= 0.3 is 0 Å². The van der Waals surface area contributed by atoms with E-state index in [1.54, 1.807) is 19.0 Å². The molecule has 2 aliphatic rings. The maximum atomic E-state index is 12.8. The van der Waals surface area contributed by atoms with Gasteiger partial charge in [0.05, 0.1) is 18.8 Å². The molecule has 0 atom stereocenters. The number of carbonyl (C=O) groups excluding carboxylic acids is 2. The fourth-order valence-electron chi connectivity index (χ4n) is 3.67. The molecule has 0 bridgehead atoms. The van der Waals surface area contributed by atoms with E-state index in [1.165, 1.54) is 17.3 Å². The van der Waals surface area contributed by atoms with E-state index < -0.39 is 0 Å². The van der Waals surface area contributed by atoms with E-state index in [0.29, 0.717) is 31.3 Å². The number of aromatic nitrogens is 3. The summed E-state index contributed by atoms with van der Waals surface area (Å²) >= 11 is 1.47. The number of nitrogens with zero attached hydrogens (tertiary/aromatic N) is 6. The lowest BCUT2D eigenvalue weighted by Gasteiger charge is -2.34. The first-order valence-corrected chi connectivity index (χ1v) is 11.8. The summed E-state index contributed by atoms with van der Waals surface area (Å²) in [6, 6.07) is 10.3. The minimum atomic E-state index is 0.0968. The zero-order valence-electron chi connectivity index (χ0n) is 18.2. The number of likely N-dealkylation sites (N-methyl/N-ethyl adjacent to an activating group) is 1. The van der Waals surface area contributed by atoms with Crippen molar-refractivity contribution in [2.45, 2.75) is 30.5 Å². The van der Waals surface area contributed by atoms with Crippen LogP contribution in [0.15, 0.2) is 35.5 Å². The number of piperazine rings is 1. The molecule has 2 aromatic rings. The number of hydrogen-bond acceptors (Lipinski definition) is 6. The summed E-state index contributed by atoms with van der Waals surface area (Å²) in [5.74, 6) is 2.11. The van der Waals surface area contributed by atoms with Crippen LogP contribution in [0.25, 0.3) is 0 Å². The molecule has 0 unspecified atom stereocenters. The van der Waals surface area contributed by atoms with Crippen LogP contribution in [0.4, 0.5) is 0 Å². The highest BCUT2D eigenvalue weighted by Crippen LogP contribution is 2.40. The van der Waals surface area contributed by atoms with Crippen LogP contribution in [0.5, 0.6) is 0 Å². The van der Waals surface area contributed by atoms with Gasteiger partial charge in [-0.05, 0) is 18.4 Å². The molecule has 2 heterocycles. The average Bonchev–Trinajstić information content (AvgIpc) is 3.55. The van der Waals surface area contributed by atoms with E-state index in [-0.39, 0.29) is 11.8 Å². The molecule has 4 rings (SSSR count). The Balaban J connectivity index is 1.32. The number of thioether (sulfide) groups is 1. The monoisotopic (exact) mass is 442 g/mol. The summed E-state index contributed by atoms with van der Waals surface area (Å²) < 4.78 is 2.18. The maximum Gasteiger partial charge on any atom is 0.236 e. The van der Waals surface area contributed by atoms with E-state index in [1.807, 2.05) is 23.1 Å².